The van der Waals surface area contributed by atoms with Crippen LogP contribution in [0, 0.1) is 0 Å². The zero-order valence-corrected chi connectivity index (χ0v) is 14.3. The van der Waals surface area contributed by atoms with E-state index in [4.69, 9.17) is 0 Å². The average molecular weight is 342 g/mol. The Morgan fingerprint density at radius 3 is 2.68 bits per heavy atom. The fourth-order valence-electron chi connectivity index (χ4n) is 2.64. The highest BCUT2D eigenvalue weighted by Gasteiger charge is 2.27. The molecule has 1 aliphatic rings. The van der Waals surface area contributed by atoms with Crippen molar-refractivity contribution in [3.8, 4) is 0 Å². The topological polar surface area (TPSA) is 45.2 Å². The minimum atomic E-state index is 0. The molecule has 1 saturated heterocycles. The summed E-state index contributed by atoms with van der Waals surface area (Å²) in [6, 6.07) is 12.2. The van der Waals surface area contributed by atoms with E-state index in [2.05, 4.69) is 24.1 Å². The molecule has 1 fully saturated rings. The standard InChI is InChI=1S/C16H19N3O.2ClH/c1-11-10-19(12(2)9-17-11)16(20)15-8-7-13-5-3-4-6-14(13)18-15;;/h3-8,11-12,17H,9-10H2,1-2H3;2*1H. The number of amides is 1. The number of carbonyl (C=O) groups is 1. The summed E-state index contributed by atoms with van der Waals surface area (Å²) in [5.41, 5.74) is 1.40. The molecular weight excluding hydrogens is 321 g/mol. The molecule has 0 aliphatic carbocycles. The predicted octanol–water partition coefficient (Wildman–Crippen LogP) is 2.90. The van der Waals surface area contributed by atoms with Crippen molar-refractivity contribution in [1.82, 2.24) is 15.2 Å². The quantitative estimate of drug-likeness (QED) is 0.867. The maximum atomic E-state index is 12.6. The number of benzene rings is 1. The van der Waals surface area contributed by atoms with Crippen molar-refractivity contribution in [3.05, 3.63) is 42.1 Å². The number of pyridine rings is 1. The zero-order valence-electron chi connectivity index (χ0n) is 12.7. The van der Waals surface area contributed by atoms with Crippen LogP contribution in [0.1, 0.15) is 24.3 Å². The van der Waals surface area contributed by atoms with Crippen molar-refractivity contribution in [2.45, 2.75) is 25.9 Å². The monoisotopic (exact) mass is 341 g/mol. The molecule has 2 unspecified atom stereocenters. The highest BCUT2D eigenvalue weighted by atomic mass is 35.5. The lowest BCUT2D eigenvalue weighted by Gasteiger charge is -2.37. The van der Waals surface area contributed by atoms with E-state index < -0.39 is 0 Å². The van der Waals surface area contributed by atoms with E-state index in [0.29, 0.717) is 11.7 Å². The fraction of sp³-hybridized carbons (Fsp3) is 0.375. The van der Waals surface area contributed by atoms with Gasteiger partial charge in [0.15, 0.2) is 0 Å². The van der Waals surface area contributed by atoms with Gasteiger partial charge in [0.1, 0.15) is 5.69 Å². The highest BCUT2D eigenvalue weighted by Crippen LogP contribution is 2.15. The van der Waals surface area contributed by atoms with Crippen molar-refractivity contribution >= 4 is 41.6 Å². The smallest absolute Gasteiger partial charge is 0.272 e. The van der Waals surface area contributed by atoms with Gasteiger partial charge < -0.3 is 10.2 Å². The maximum absolute atomic E-state index is 12.6. The van der Waals surface area contributed by atoms with E-state index in [9.17, 15) is 4.79 Å². The van der Waals surface area contributed by atoms with Gasteiger partial charge in [-0.2, -0.15) is 0 Å². The minimum Gasteiger partial charge on any atom is -0.332 e. The molecule has 0 spiro atoms. The lowest BCUT2D eigenvalue weighted by atomic mass is 10.1. The number of halogens is 2. The Morgan fingerprint density at radius 2 is 1.91 bits per heavy atom. The number of hydrogen-bond acceptors (Lipinski definition) is 3. The molecule has 120 valence electrons. The third kappa shape index (κ3) is 3.69. The number of fused-ring (bicyclic) bond motifs is 1. The Hall–Kier alpha value is -1.36. The van der Waals surface area contributed by atoms with Gasteiger partial charge in [0, 0.05) is 30.6 Å². The number of aromatic nitrogens is 1. The fourth-order valence-corrected chi connectivity index (χ4v) is 2.64. The summed E-state index contributed by atoms with van der Waals surface area (Å²) in [5, 5.41) is 4.44. The van der Waals surface area contributed by atoms with Crippen molar-refractivity contribution in [1.29, 1.82) is 0 Å². The Balaban J connectivity index is 0.00000121. The first-order chi connectivity index (χ1) is 9.65. The SMILES string of the molecule is CC1CN(C(=O)c2ccc3ccccc3n2)C(C)CN1.Cl.Cl. The molecule has 0 radical (unpaired) electrons. The Morgan fingerprint density at radius 1 is 1.18 bits per heavy atom. The van der Waals surface area contributed by atoms with Crippen LogP contribution in [-0.4, -0.2) is 41.0 Å². The first-order valence-electron chi connectivity index (χ1n) is 7.05. The molecular formula is C16H21Cl2N3O. The second-order valence-electron chi connectivity index (χ2n) is 5.51. The number of carbonyl (C=O) groups excluding carboxylic acids is 1. The summed E-state index contributed by atoms with van der Waals surface area (Å²) < 4.78 is 0. The van der Waals surface area contributed by atoms with Gasteiger partial charge in [-0.3, -0.25) is 4.79 Å². The van der Waals surface area contributed by atoms with E-state index in [1.807, 2.05) is 41.3 Å². The van der Waals surface area contributed by atoms with Gasteiger partial charge in [0.25, 0.3) is 5.91 Å². The first kappa shape index (κ1) is 18.7. The summed E-state index contributed by atoms with van der Waals surface area (Å²) in [7, 11) is 0. The molecule has 1 aliphatic heterocycles. The van der Waals surface area contributed by atoms with Crippen LogP contribution in [0.3, 0.4) is 0 Å². The molecule has 3 rings (SSSR count). The van der Waals surface area contributed by atoms with Crippen LogP contribution in [0.4, 0.5) is 0 Å². The van der Waals surface area contributed by atoms with Crippen LogP contribution < -0.4 is 5.32 Å². The normalized spacial score (nSPS) is 20.9. The molecule has 1 aromatic heterocycles. The molecule has 1 aromatic carbocycles. The van der Waals surface area contributed by atoms with Crippen LogP contribution in [0.5, 0.6) is 0 Å². The number of para-hydroxylation sites is 1. The molecule has 22 heavy (non-hydrogen) atoms. The number of rotatable bonds is 1. The molecule has 0 bridgehead atoms. The summed E-state index contributed by atoms with van der Waals surface area (Å²) >= 11 is 0. The Bertz CT molecular complexity index is 650. The van der Waals surface area contributed by atoms with Crippen molar-refractivity contribution in [3.63, 3.8) is 0 Å². The highest BCUT2D eigenvalue weighted by molar-refractivity contribution is 5.95. The lowest BCUT2D eigenvalue weighted by Crippen LogP contribution is -2.56. The molecule has 4 nitrogen and oxygen atoms in total. The van der Waals surface area contributed by atoms with Gasteiger partial charge in [-0.15, -0.1) is 24.8 Å². The maximum Gasteiger partial charge on any atom is 0.272 e. The molecule has 2 heterocycles. The lowest BCUT2D eigenvalue weighted by molar-refractivity contribution is 0.0610. The van der Waals surface area contributed by atoms with Gasteiger partial charge in [0.2, 0.25) is 0 Å². The van der Waals surface area contributed by atoms with Gasteiger partial charge in [-0.1, -0.05) is 24.3 Å². The van der Waals surface area contributed by atoms with Gasteiger partial charge in [-0.25, -0.2) is 4.98 Å². The van der Waals surface area contributed by atoms with E-state index in [1.165, 1.54) is 0 Å². The number of hydrogen-bond donors (Lipinski definition) is 1. The van der Waals surface area contributed by atoms with Gasteiger partial charge in [0.05, 0.1) is 5.52 Å². The molecule has 1 N–H and O–H groups in total. The van der Waals surface area contributed by atoms with Crippen LogP contribution in [-0.2, 0) is 0 Å². The van der Waals surface area contributed by atoms with Crippen molar-refractivity contribution < 1.29 is 4.79 Å². The average Bonchev–Trinajstić information content (AvgIpc) is 2.48. The summed E-state index contributed by atoms with van der Waals surface area (Å²) in [5.74, 6) is 0.0246. The summed E-state index contributed by atoms with van der Waals surface area (Å²) in [6.45, 7) is 5.73. The predicted molar refractivity (Wildman–Crippen MR) is 94.2 cm³/mol. The number of piperazine rings is 1. The summed E-state index contributed by atoms with van der Waals surface area (Å²) in [4.78, 5) is 19.0. The summed E-state index contributed by atoms with van der Waals surface area (Å²) in [6.07, 6.45) is 0. The van der Waals surface area contributed by atoms with Crippen LogP contribution in [0.2, 0.25) is 0 Å². The zero-order chi connectivity index (χ0) is 14.1. The third-order valence-corrected chi connectivity index (χ3v) is 3.84. The Labute approximate surface area is 143 Å². The van der Waals surface area contributed by atoms with Crippen molar-refractivity contribution in [2.24, 2.45) is 0 Å². The van der Waals surface area contributed by atoms with Crippen LogP contribution in [0.25, 0.3) is 10.9 Å². The molecule has 1 amide bonds. The minimum absolute atomic E-state index is 0. The molecule has 6 heteroatoms. The van der Waals surface area contributed by atoms with E-state index >= 15 is 0 Å². The second-order valence-corrected chi connectivity index (χ2v) is 5.51. The second kappa shape index (κ2) is 7.77. The van der Waals surface area contributed by atoms with Gasteiger partial charge >= 0.3 is 0 Å². The van der Waals surface area contributed by atoms with Crippen molar-refractivity contribution in [2.75, 3.05) is 13.1 Å². The van der Waals surface area contributed by atoms with E-state index in [1.54, 1.807) is 0 Å². The molecule has 2 atom stereocenters. The van der Waals surface area contributed by atoms with Gasteiger partial charge in [-0.05, 0) is 26.0 Å². The van der Waals surface area contributed by atoms with E-state index in [-0.39, 0.29) is 36.8 Å². The van der Waals surface area contributed by atoms with Crippen LogP contribution in [0.15, 0.2) is 36.4 Å². The molecule has 0 saturated carbocycles. The number of nitrogens with one attached hydrogen (secondary N) is 1. The third-order valence-electron chi connectivity index (χ3n) is 3.84. The van der Waals surface area contributed by atoms with Crippen LogP contribution >= 0.6 is 24.8 Å². The first-order valence-corrected chi connectivity index (χ1v) is 7.05. The largest absolute Gasteiger partial charge is 0.332 e. The molecule has 2 aromatic rings. The van der Waals surface area contributed by atoms with E-state index in [0.717, 1.165) is 24.0 Å². The Kier molecular flexibility index (Phi) is 6.60. The number of nitrogens with zero attached hydrogens (tertiary/aromatic N) is 2.